The van der Waals surface area contributed by atoms with Crippen LogP contribution in [-0.2, 0) is 9.53 Å². The van der Waals surface area contributed by atoms with Gasteiger partial charge >= 0.3 is 12.2 Å². The SMILES string of the molecule is CCCCOC(=O)N1CCN(C(=O)[C@@H](NC(=O)c2csc(-c3ccccc3)n2)C(C)C)CC1.O=C(O)N1CCNCC1. The van der Waals surface area contributed by atoms with E-state index in [-0.39, 0.29) is 23.8 Å². The zero-order valence-electron chi connectivity index (χ0n) is 24.6. The Morgan fingerprint density at radius 1 is 1.00 bits per heavy atom. The van der Waals surface area contributed by atoms with Gasteiger partial charge in [-0.15, -0.1) is 11.3 Å². The van der Waals surface area contributed by atoms with Gasteiger partial charge in [-0.25, -0.2) is 14.6 Å². The normalized spacial score (nSPS) is 15.9. The largest absolute Gasteiger partial charge is 0.465 e. The van der Waals surface area contributed by atoms with E-state index >= 15 is 0 Å². The van der Waals surface area contributed by atoms with Crippen molar-refractivity contribution in [2.45, 2.75) is 39.7 Å². The number of amides is 4. The van der Waals surface area contributed by atoms with Crippen molar-refractivity contribution in [2.75, 3.05) is 59.0 Å². The lowest BCUT2D eigenvalue weighted by molar-refractivity contribution is -0.135. The van der Waals surface area contributed by atoms with Crippen molar-refractivity contribution in [3.63, 3.8) is 0 Å². The second-order valence-electron chi connectivity index (χ2n) is 10.4. The van der Waals surface area contributed by atoms with Gasteiger partial charge in [-0.3, -0.25) is 9.59 Å². The highest BCUT2D eigenvalue weighted by Gasteiger charge is 2.32. The number of carboxylic acid groups (broad SMARTS) is 1. The number of piperazine rings is 2. The molecule has 1 aromatic carbocycles. The summed E-state index contributed by atoms with van der Waals surface area (Å²) in [5.74, 6) is -0.597. The first kappa shape index (κ1) is 32.8. The number of nitrogens with zero attached hydrogens (tertiary/aromatic N) is 4. The first-order chi connectivity index (χ1) is 20.2. The van der Waals surface area contributed by atoms with Crippen LogP contribution in [0, 0.1) is 5.92 Å². The monoisotopic (exact) mass is 602 g/mol. The van der Waals surface area contributed by atoms with Crippen LogP contribution >= 0.6 is 11.3 Å². The number of aromatic nitrogens is 1. The molecule has 1 atom stereocenters. The van der Waals surface area contributed by atoms with Gasteiger partial charge in [0.1, 0.15) is 16.7 Å². The van der Waals surface area contributed by atoms with Crippen LogP contribution in [0.4, 0.5) is 9.59 Å². The summed E-state index contributed by atoms with van der Waals surface area (Å²) in [4.78, 5) is 57.6. The van der Waals surface area contributed by atoms with E-state index in [4.69, 9.17) is 9.84 Å². The average Bonchev–Trinajstić information content (AvgIpc) is 3.51. The third-order valence-electron chi connectivity index (χ3n) is 6.94. The molecule has 2 saturated heterocycles. The van der Waals surface area contributed by atoms with Gasteiger partial charge in [0.25, 0.3) is 5.91 Å². The molecule has 3 N–H and O–H groups in total. The Labute approximate surface area is 251 Å². The smallest absolute Gasteiger partial charge is 0.409 e. The molecule has 3 heterocycles. The van der Waals surface area contributed by atoms with Crippen molar-refractivity contribution in [1.82, 2.24) is 30.3 Å². The van der Waals surface area contributed by atoms with Gasteiger partial charge in [-0.1, -0.05) is 57.5 Å². The fraction of sp³-hybridized carbons (Fsp3) is 0.552. The van der Waals surface area contributed by atoms with Crippen molar-refractivity contribution < 1.29 is 29.0 Å². The summed E-state index contributed by atoms with van der Waals surface area (Å²) >= 11 is 1.40. The molecule has 4 amide bonds. The lowest BCUT2D eigenvalue weighted by atomic mass is 10.0. The predicted octanol–water partition coefficient (Wildman–Crippen LogP) is 3.22. The van der Waals surface area contributed by atoms with Gasteiger partial charge in [0.2, 0.25) is 5.91 Å². The fourth-order valence-corrected chi connectivity index (χ4v) is 5.18. The van der Waals surface area contributed by atoms with E-state index in [1.807, 2.05) is 51.1 Å². The van der Waals surface area contributed by atoms with E-state index in [1.165, 1.54) is 16.2 Å². The van der Waals surface area contributed by atoms with Crippen LogP contribution in [0.25, 0.3) is 10.6 Å². The molecule has 0 unspecified atom stereocenters. The summed E-state index contributed by atoms with van der Waals surface area (Å²) < 4.78 is 5.26. The van der Waals surface area contributed by atoms with E-state index < -0.39 is 12.1 Å². The van der Waals surface area contributed by atoms with Crippen molar-refractivity contribution in [1.29, 1.82) is 0 Å². The second kappa shape index (κ2) is 16.7. The number of unbranched alkanes of at least 4 members (excludes halogenated alkanes) is 1. The number of thiazole rings is 1. The minimum atomic E-state index is -0.809. The maximum Gasteiger partial charge on any atom is 0.409 e. The summed E-state index contributed by atoms with van der Waals surface area (Å²) in [5.41, 5.74) is 1.25. The Morgan fingerprint density at radius 2 is 1.64 bits per heavy atom. The van der Waals surface area contributed by atoms with Crippen molar-refractivity contribution in [3.05, 3.63) is 41.4 Å². The van der Waals surface area contributed by atoms with Crippen molar-refractivity contribution >= 4 is 35.3 Å². The summed E-state index contributed by atoms with van der Waals surface area (Å²) in [5, 5.41) is 16.8. The molecule has 0 bridgehead atoms. The van der Waals surface area contributed by atoms with E-state index in [9.17, 15) is 19.2 Å². The van der Waals surface area contributed by atoms with Crippen LogP contribution in [0.2, 0.25) is 0 Å². The number of nitrogens with one attached hydrogen (secondary N) is 2. The van der Waals surface area contributed by atoms with Crippen LogP contribution in [0.5, 0.6) is 0 Å². The molecule has 12 nitrogen and oxygen atoms in total. The molecule has 0 radical (unpaired) electrons. The number of rotatable bonds is 8. The van der Waals surface area contributed by atoms with E-state index in [1.54, 1.807) is 15.2 Å². The maximum absolute atomic E-state index is 13.2. The lowest BCUT2D eigenvalue weighted by Crippen LogP contribution is -2.57. The average molecular weight is 603 g/mol. The predicted molar refractivity (Wildman–Crippen MR) is 161 cm³/mol. The van der Waals surface area contributed by atoms with E-state index in [0.29, 0.717) is 51.6 Å². The number of benzene rings is 1. The number of carbonyl (C=O) groups is 4. The van der Waals surface area contributed by atoms with Crippen molar-refractivity contribution in [2.24, 2.45) is 5.92 Å². The zero-order chi connectivity index (χ0) is 30.5. The van der Waals surface area contributed by atoms with Crippen LogP contribution in [-0.4, -0.2) is 114 Å². The summed E-state index contributed by atoms with van der Waals surface area (Å²) in [6.07, 6.45) is 0.663. The highest BCUT2D eigenvalue weighted by atomic mass is 32.1. The molecule has 0 saturated carbocycles. The number of hydrogen-bond donors (Lipinski definition) is 3. The molecule has 2 aliphatic heterocycles. The maximum atomic E-state index is 13.2. The van der Waals surface area contributed by atoms with Gasteiger partial charge in [-0.2, -0.15) is 0 Å². The van der Waals surface area contributed by atoms with Crippen LogP contribution in [0.3, 0.4) is 0 Å². The minimum Gasteiger partial charge on any atom is -0.465 e. The molecule has 0 aliphatic carbocycles. The van der Waals surface area contributed by atoms with Gasteiger partial charge in [0.05, 0.1) is 6.61 Å². The molecular weight excluding hydrogens is 560 g/mol. The molecule has 2 fully saturated rings. The quantitative estimate of drug-likeness (QED) is 0.391. The van der Waals surface area contributed by atoms with Crippen molar-refractivity contribution in [3.8, 4) is 10.6 Å². The molecular formula is C29H42N6O6S. The van der Waals surface area contributed by atoms with Crippen LogP contribution < -0.4 is 10.6 Å². The number of hydrogen-bond acceptors (Lipinski definition) is 8. The van der Waals surface area contributed by atoms with Gasteiger partial charge in [-0.05, 0) is 12.3 Å². The molecule has 230 valence electrons. The molecule has 1 aromatic heterocycles. The number of carbonyl (C=O) groups excluding carboxylic acids is 3. The minimum absolute atomic E-state index is 0.0919. The molecule has 2 aliphatic rings. The van der Waals surface area contributed by atoms with Gasteiger partial charge in [0.15, 0.2) is 0 Å². The van der Waals surface area contributed by atoms with E-state index in [0.717, 1.165) is 36.5 Å². The number of ether oxygens (including phenoxy) is 1. The standard InChI is InChI=1S/C24H32N4O4S.C5H10N2O2/c1-4-5-15-32-24(31)28-13-11-27(12-14-28)23(30)20(17(2)3)26-21(29)19-16-33-22(25-19)18-9-7-6-8-10-18;8-5(9)7-3-1-6-2-4-7/h6-10,16-17,20H,4-5,11-15H2,1-3H3,(H,26,29);6H,1-4H2,(H,8,9)/t20-;/m0./s1. The summed E-state index contributed by atoms with van der Waals surface area (Å²) in [6, 6.07) is 9.00. The van der Waals surface area contributed by atoms with Gasteiger partial charge < -0.3 is 35.2 Å². The molecule has 13 heteroatoms. The Morgan fingerprint density at radius 3 is 2.21 bits per heavy atom. The third-order valence-corrected chi connectivity index (χ3v) is 7.83. The summed E-state index contributed by atoms with van der Waals surface area (Å²) in [6.45, 7) is 10.7. The van der Waals surface area contributed by atoms with E-state index in [2.05, 4.69) is 15.6 Å². The van der Waals surface area contributed by atoms with Gasteiger partial charge in [0, 0.05) is 63.3 Å². The molecule has 42 heavy (non-hydrogen) atoms. The Hall–Kier alpha value is -3.71. The first-order valence-corrected chi connectivity index (χ1v) is 15.3. The van der Waals surface area contributed by atoms with Crippen LogP contribution in [0.1, 0.15) is 44.1 Å². The Balaban J connectivity index is 0.000000458. The molecule has 4 rings (SSSR count). The lowest BCUT2D eigenvalue weighted by Gasteiger charge is -2.36. The highest BCUT2D eigenvalue weighted by molar-refractivity contribution is 7.13. The third kappa shape index (κ3) is 9.69. The molecule has 0 spiro atoms. The highest BCUT2D eigenvalue weighted by Crippen LogP contribution is 2.23. The Bertz CT molecular complexity index is 1160. The summed E-state index contributed by atoms with van der Waals surface area (Å²) in [7, 11) is 0. The topological polar surface area (TPSA) is 144 Å². The second-order valence-corrected chi connectivity index (χ2v) is 11.3. The van der Waals surface area contributed by atoms with Crippen LogP contribution in [0.15, 0.2) is 35.7 Å². The Kier molecular flexibility index (Phi) is 13.0. The molecule has 2 aromatic rings. The fourth-order valence-electron chi connectivity index (χ4n) is 4.38. The first-order valence-electron chi connectivity index (χ1n) is 14.4. The zero-order valence-corrected chi connectivity index (χ0v) is 25.4.